The van der Waals surface area contributed by atoms with Crippen molar-refractivity contribution in [1.82, 2.24) is 0 Å². The van der Waals surface area contributed by atoms with Gasteiger partial charge in [-0.15, -0.1) is 0 Å². The van der Waals surface area contributed by atoms with Crippen molar-refractivity contribution in [3.8, 4) is 17.2 Å². The van der Waals surface area contributed by atoms with Gasteiger partial charge in [0.25, 0.3) is 0 Å². The molecule has 6 aliphatic rings. The molecule has 4 bridgehead atoms. The molecule has 230 valence electrons. The van der Waals surface area contributed by atoms with Crippen molar-refractivity contribution in [2.24, 2.45) is 5.92 Å². The van der Waals surface area contributed by atoms with Gasteiger partial charge in [0.2, 0.25) is 5.78 Å². The molecule has 3 aliphatic heterocycles. The van der Waals surface area contributed by atoms with Crippen molar-refractivity contribution in [3.05, 3.63) is 51.6 Å². The first-order chi connectivity index (χ1) is 19.9. The number of methoxy groups -OCH3 is 1. The summed E-state index contributed by atoms with van der Waals surface area (Å²) >= 11 is 0. The number of ketones is 2. The van der Waals surface area contributed by atoms with E-state index in [0.717, 1.165) is 5.57 Å². The molecular weight excluding hydrogens is 552 g/mol. The Labute approximate surface area is 251 Å². The highest BCUT2D eigenvalue weighted by Gasteiger charge is 2.84. The normalized spacial score (nSPS) is 34.1. The molecule has 1 saturated heterocycles. The highest BCUT2D eigenvalue weighted by atomic mass is 16.6. The van der Waals surface area contributed by atoms with Crippen LogP contribution in [0.3, 0.4) is 0 Å². The third-order valence-electron chi connectivity index (χ3n) is 10.7. The largest absolute Gasteiger partial charge is 0.507 e. The number of aromatic hydroxyl groups is 1. The van der Waals surface area contributed by atoms with Crippen molar-refractivity contribution in [1.29, 1.82) is 0 Å². The molecule has 1 aromatic rings. The summed E-state index contributed by atoms with van der Waals surface area (Å²) in [6.45, 7) is 15.1. The Morgan fingerprint density at radius 2 is 1.79 bits per heavy atom. The summed E-state index contributed by atoms with van der Waals surface area (Å²) in [7, 11) is 1.43. The molecule has 0 amide bonds. The number of carbonyl (C=O) groups is 3. The number of carboxylic acid groups (broad SMARTS) is 1. The molecule has 0 unspecified atom stereocenters. The van der Waals surface area contributed by atoms with Gasteiger partial charge in [-0.25, -0.2) is 4.79 Å². The Bertz CT molecular complexity index is 1600. The van der Waals surface area contributed by atoms with E-state index < -0.39 is 51.3 Å². The predicted octanol–water partition coefficient (Wildman–Crippen LogP) is 5.16. The van der Waals surface area contributed by atoms with Crippen molar-refractivity contribution in [3.63, 3.8) is 0 Å². The first kappa shape index (κ1) is 29.6. The van der Waals surface area contributed by atoms with Gasteiger partial charge in [0.1, 0.15) is 34.5 Å². The third kappa shape index (κ3) is 3.43. The maximum atomic E-state index is 14.8. The third-order valence-corrected chi connectivity index (χ3v) is 10.7. The van der Waals surface area contributed by atoms with Crippen molar-refractivity contribution >= 4 is 17.5 Å². The molecule has 9 nitrogen and oxygen atoms in total. The molecule has 3 aliphatic carbocycles. The van der Waals surface area contributed by atoms with Crippen LogP contribution in [0.5, 0.6) is 17.2 Å². The molecule has 5 atom stereocenters. The minimum absolute atomic E-state index is 0.0365. The van der Waals surface area contributed by atoms with Crippen molar-refractivity contribution in [2.45, 2.75) is 109 Å². The molecule has 1 aromatic carbocycles. The van der Waals surface area contributed by atoms with Gasteiger partial charge in [0.15, 0.2) is 17.0 Å². The molecule has 9 heteroatoms. The van der Waals surface area contributed by atoms with Crippen LogP contribution in [-0.2, 0) is 30.9 Å². The van der Waals surface area contributed by atoms with Crippen LogP contribution in [0.1, 0.15) is 89.7 Å². The Balaban J connectivity index is 1.70. The topological polar surface area (TPSA) is 129 Å². The van der Waals surface area contributed by atoms with E-state index in [9.17, 15) is 24.6 Å². The van der Waals surface area contributed by atoms with Gasteiger partial charge in [-0.2, -0.15) is 0 Å². The summed E-state index contributed by atoms with van der Waals surface area (Å²) in [5.41, 5.74) is -3.91. The number of ether oxygens (including phenoxy) is 4. The first-order valence-electron chi connectivity index (χ1n) is 14.8. The minimum atomic E-state index is -1.76. The number of rotatable bonds is 6. The van der Waals surface area contributed by atoms with Gasteiger partial charge in [-0.05, 0) is 60.5 Å². The molecule has 0 aromatic heterocycles. The van der Waals surface area contributed by atoms with Crippen LogP contribution in [0.4, 0.5) is 0 Å². The zero-order valence-corrected chi connectivity index (χ0v) is 26.3. The zero-order valence-electron chi connectivity index (χ0n) is 26.3. The second-order valence-corrected chi connectivity index (χ2v) is 14.0. The van der Waals surface area contributed by atoms with Gasteiger partial charge in [0.05, 0.1) is 5.60 Å². The molecular formula is C34H40O9. The van der Waals surface area contributed by atoms with Gasteiger partial charge in [-0.1, -0.05) is 31.6 Å². The number of phenolic OH excluding ortho intramolecular Hbond substituents is 1. The second-order valence-electron chi connectivity index (χ2n) is 14.0. The number of Topliss-reactive ketones (excluding diaryl/α,β-unsaturated/α-hetero) is 2. The van der Waals surface area contributed by atoms with Crippen LogP contribution < -0.4 is 9.47 Å². The fourth-order valence-electron chi connectivity index (χ4n) is 8.02. The quantitative estimate of drug-likeness (QED) is 0.340. The average molecular weight is 593 g/mol. The fourth-order valence-corrected chi connectivity index (χ4v) is 8.02. The number of hydrogen-bond acceptors (Lipinski definition) is 8. The molecule has 1 spiro atoms. The zero-order chi connectivity index (χ0) is 31.7. The van der Waals surface area contributed by atoms with E-state index in [1.807, 2.05) is 54.5 Å². The highest BCUT2D eigenvalue weighted by Crippen LogP contribution is 2.70. The van der Waals surface area contributed by atoms with Crippen LogP contribution in [0.25, 0.3) is 0 Å². The van der Waals surface area contributed by atoms with Gasteiger partial charge < -0.3 is 29.2 Å². The summed E-state index contributed by atoms with van der Waals surface area (Å²) < 4.78 is 26.1. The van der Waals surface area contributed by atoms with E-state index >= 15 is 0 Å². The number of phenols is 1. The molecule has 0 radical (unpaired) electrons. The van der Waals surface area contributed by atoms with Gasteiger partial charge in [0, 0.05) is 47.1 Å². The lowest BCUT2D eigenvalue weighted by molar-refractivity contribution is -0.190. The fraction of sp³-hybridized carbons (Fsp3) is 0.559. The number of allylic oxidation sites excluding steroid dienone is 2. The summed E-state index contributed by atoms with van der Waals surface area (Å²) in [6, 6.07) is 0. The number of carboxylic acids is 1. The monoisotopic (exact) mass is 592 g/mol. The minimum Gasteiger partial charge on any atom is -0.507 e. The van der Waals surface area contributed by atoms with Gasteiger partial charge >= 0.3 is 5.97 Å². The van der Waals surface area contributed by atoms with Gasteiger partial charge in [-0.3, -0.25) is 9.59 Å². The lowest BCUT2D eigenvalue weighted by Gasteiger charge is -2.59. The SMILES string of the molecule is CO[C@]12C=C3C(=O)c4c(O)c(CC=C(C)C)c5c(c4O[C@]34[C@H](C1)C(C)(C)O[C@]4(C/C=C(\C)C(=O)O)C2=O)C(C)(C)[C@@H](C)O5. The van der Waals surface area contributed by atoms with E-state index in [2.05, 4.69) is 0 Å². The lowest BCUT2D eigenvalue weighted by atomic mass is 9.49. The molecule has 2 fully saturated rings. The highest BCUT2D eigenvalue weighted by molar-refractivity contribution is 6.20. The maximum Gasteiger partial charge on any atom is 0.330 e. The lowest BCUT2D eigenvalue weighted by Crippen LogP contribution is -2.77. The van der Waals surface area contributed by atoms with E-state index in [1.54, 1.807) is 6.08 Å². The molecule has 7 rings (SSSR count). The molecule has 3 heterocycles. The molecule has 2 N–H and O–H groups in total. The standard InChI is InChI=1S/C34H40O9/c1-16(2)10-11-19-24(35)22-25(36)20-14-32(40-9)15-21-31(7,8)43-33(29(32)39,13-12-17(3)28(37)38)34(20,21)42-27(22)23-26(19)41-18(4)30(23,5)6/h10,12,14,18,21,35H,11,13,15H2,1-9H3,(H,37,38)/b17-12+/t18-,21-,32-,33-,34+/m1/s1. The van der Waals surface area contributed by atoms with E-state index in [-0.39, 0.29) is 47.2 Å². The summed E-state index contributed by atoms with van der Waals surface area (Å²) in [5.74, 6) is -2.05. The summed E-state index contributed by atoms with van der Waals surface area (Å²) in [5, 5.41) is 21.4. The van der Waals surface area contributed by atoms with Crippen LogP contribution in [-0.4, -0.2) is 63.4 Å². The van der Waals surface area contributed by atoms with Crippen LogP contribution in [0.2, 0.25) is 0 Å². The van der Waals surface area contributed by atoms with Crippen LogP contribution in [0.15, 0.2) is 34.9 Å². The molecule has 1 saturated carbocycles. The Kier molecular flexibility index (Phi) is 6.08. The number of aliphatic carboxylic acids is 1. The number of benzene rings is 1. The Morgan fingerprint density at radius 3 is 2.40 bits per heavy atom. The van der Waals surface area contributed by atoms with Crippen LogP contribution >= 0.6 is 0 Å². The maximum absolute atomic E-state index is 14.8. The number of carbonyl (C=O) groups excluding carboxylic acids is 2. The average Bonchev–Trinajstić information content (AvgIpc) is 3.25. The Hall–Kier alpha value is -3.43. The van der Waals surface area contributed by atoms with E-state index in [0.29, 0.717) is 23.3 Å². The van der Waals surface area contributed by atoms with Crippen LogP contribution in [0, 0.1) is 5.92 Å². The Morgan fingerprint density at radius 1 is 1.12 bits per heavy atom. The smallest absolute Gasteiger partial charge is 0.330 e. The van der Waals surface area contributed by atoms with Crippen molar-refractivity contribution < 1.29 is 43.5 Å². The van der Waals surface area contributed by atoms with E-state index in [1.165, 1.54) is 20.1 Å². The number of hydrogen-bond donors (Lipinski definition) is 2. The predicted molar refractivity (Wildman–Crippen MR) is 157 cm³/mol. The second kappa shape index (κ2) is 8.82. The van der Waals surface area contributed by atoms with E-state index in [4.69, 9.17) is 18.9 Å². The summed E-state index contributed by atoms with van der Waals surface area (Å²) in [4.78, 5) is 41.2. The summed E-state index contributed by atoms with van der Waals surface area (Å²) in [6.07, 6.45) is 5.11. The van der Waals surface area contributed by atoms with Crippen molar-refractivity contribution in [2.75, 3.05) is 7.11 Å². The first-order valence-corrected chi connectivity index (χ1v) is 14.8. The number of fused-ring (bicyclic) bond motifs is 3. The molecule has 43 heavy (non-hydrogen) atoms.